The van der Waals surface area contributed by atoms with Crippen molar-refractivity contribution in [1.29, 1.82) is 0 Å². The highest BCUT2D eigenvalue weighted by atomic mass is 16.4. The van der Waals surface area contributed by atoms with Crippen LogP contribution in [0.2, 0.25) is 0 Å². The highest BCUT2D eigenvalue weighted by molar-refractivity contribution is 5.92. The van der Waals surface area contributed by atoms with Crippen molar-refractivity contribution < 1.29 is 123 Å². The van der Waals surface area contributed by atoms with Gasteiger partial charge in [-0.25, -0.2) is 9.59 Å². The predicted octanol–water partition coefficient (Wildman–Crippen LogP) is -4.70. The van der Waals surface area contributed by atoms with Crippen molar-refractivity contribution in [3.8, 4) is 0 Å². The summed E-state index contributed by atoms with van der Waals surface area (Å²) in [7, 11) is 0. The number of carbonyl (C=O) groups is 14. The summed E-state index contributed by atoms with van der Waals surface area (Å²) < 4.78 is 0. The summed E-state index contributed by atoms with van der Waals surface area (Å²) in [5.74, 6) is -15.6. The first-order valence-electron chi connectivity index (χ1n) is 18.1. The van der Waals surface area contributed by atoms with Gasteiger partial charge in [-0.15, -0.1) is 0 Å². The molecule has 7 unspecified atom stereocenters. The maximum Gasteiger partial charge on any atom is 0.326 e. The number of hydrogen-bond donors (Lipinski definition) is 17. The fourth-order valence-corrected chi connectivity index (χ4v) is 4.24. The molecule has 0 rings (SSSR count). The molecule has 0 saturated heterocycles. The zero-order valence-corrected chi connectivity index (χ0v) is 35.0. The van der Waals surface area contributed by atoms with Gasteiger partial charge in [0.05, 0.1) is 25.3 Å². The van der Waals surface area contributed by atoms with Gasteiger partial charge in [0.25, 0.3) is 0 Å². The zero-order chi connectivity index (χ0) is 51.9. The molecule has 0 heterocycles. The quantitative estimate of drug-likeness (QED) is 0.0344. The molecule has 0 saturated carbocycles. The minimum Gasteiger partial charge on any atom is -0.481 e. The van der Waals surface area contributed by atoms with Crippen molar-refractivity contribution in [2.24, 2.45) is 5.73 Å². The lowest BCUT2D eigenvalue weighted by atomic mass is 9.99. The van der Waals surface area contributed by atoms with E-state index in [4.69, 9.17) is 56.8 Å². The summed E-state index contributed by atoms with van der Waals surface area (Å²) in [5, 5.41) is 106. The molecule has 0 aromatic carbocycles. The number of nitrogens with one attached hydrogen (secondary N) is 5. The SMILES string of the molecule is CC(=O)NC(CC(=O)O)C(=O)NC(CCC(=O)O)C(=O)O.CC(=O)NC(CC(=O)O)C(=O)O.CC(=O)NC(CC(=O)O)C(C)(O)NC(CCC(=O)O)C(=O)O.NC(CCC(=O)O)C(=O)O. The highest BCUT2D eigenvalue weighted by Gasteiger charge is 2.38. The van der Waals surface area contributed by atoms with E-state index in [1.165, 1.54) is 0 Å². The van der Waals surface area contributed by atoms with E-state index in [2.05, 4.69) is 16.0 Å². The van der Waals surface area contributed by atoms with E-state index in [9.17, 15) is 72.2 Å². The molecule has 0 aromatic heterocycles. The maximum absolute atomic E-state index is 11.8. The number of rotatable bonds is 27. The number of carboxylic acid groups (broad SMARTS) is 10. The van der Waals surface area contributed by atoms with Gasteiger partial charge >= 0.3 is 59.7 Å². The fraction of sp³-hybridized carbons (Fsp3) is 0.588. The van der Waals surface area contributed by atoms with Gasteiger partial charge in [0, 0.05) is 40.0 Å². The Balaban J connectivity index is -0.000000401. The number of aliphatic carboxylic acids is 10. The van der Waals surface area contributed by atoms with E-state index in [-0.39, 0.29) is 25.7 Å². The van der Waals surface area contributed by atoms with Gasteiger partial charge in [0.15, 0.2) is 0 Å². The van der Waals surface area contributed by atoms with Crippen LogP contribution in [0, 0.1) is 0 Å². The first kappa shape index (κ1) is 64.1. The van der Waals surface area contributed by atoms with Crippen LogP contribution in [0.25, 0.3) is 0 Å². The van der Waals surface area contributed by atoms with Crippen LogP contribution in [-0.2, 0) is 67.1 Å². The van der Waals surface area contributed by atoms with E-state index in [1.54, 1.807) is 0 Å². The second-order valence-electron chi connectivity index (χ2n) is 13.2. The minimum atomic E-state index is -2.06. The third-order valence-electron chi connectivity index (χ3n) is 7.22. The largest absolute Gasteiger partial charge is 0.481 e. The summed E-state index contributed by atoms with van der Waals surface area (Å²) in [6.07, 6.45) is -3.84. The van der Waals surface area contributed by atoms with Crippen LogP contribution < -0.4 is 32.3 Å². The summed E-state index contributed by atoms with van der Waals surface area (Å²) in [5.41, 5.74) is 2.94. The second kappa shape index (κ2) is 33.1. The third kappa shape index (κ3) is 37.9. The van der Waals surface area contributed by atoms with Crippen LogP contribution in [0.4, 0.5) is 0 Å². The summed E-state index contributed by atoms with van der Waals surface area (Å²) in [6, 6.07) is -8.05. The molecule has 0 aliphatic rings. The number of hydrogen-bond acceptors (Lipinski definition) is 17. The van der Waals surface area contributed by atoms with Gasteiger partial charge in [-0.1, -0.05) is 0 Å². The van der Waals surface area contributed by atoms with Gasteiger partial charge < -0.3 is 83.2 Å². The van der Waals surface area contributed by atoms with E-state index < -0.39 is 157 Å². The van der Waals surface area contributed by atoms with Crippen molar-refractivity contribution in [3.63, 3.8) is 0 Å². The molecule has 0 fully saturated rings. The first-order chi connectivity index (χ1) is 29.5. The Morgan fingerprint density at radius 2 is 0.769 bits per heavy atom. The molecular weight excluding hydrogens is 892 g/mol. The maximum atomic E-state index is 11.8. The van der Waals surface area contributed by atoms with Gasteiger partial charge in [-0.05, 0) is 26.2 Å². The lowest BCUT2D eigenvalue weighted by Crippen LogP contribution is -2.63. The van der Waals surface area contributed by atoms with Crippen molar-refractivity contribution in [2.75, 3.05) is 0 Å². The Morgan fingerprint density at radius 1 is 0.431 bits per heavy atom. The molecule has 31 nitrogen and oxygen atoms in total. The number of amides is 4. The average molecular weight is 947 g/mol. The monoisotopic (exact) mass is 946 g/mol. The van der Waals surface area contributed by atoms with E-state index in [0.717, 1.165) is 27.7 Å². The molecule has 0 radical (unpaired) electrons. The average Bonchev–Trinajstić information content (AvgIpc) is 3.12. The molecule has 0 aliphatic carbocycles. The van der Waals surface area contributed by atoms with Crippen LogP contribution in [0.1, 0.15) is 85.5 Å². The zero-order valence-electron chi connectivity index (χ0n) is 35.0. The molecular formula is C34H54N6O25. The molecule has 0 bridgehead atoms. The highest BCUT2D eigenvalue weighted by Crippen LogP contribution is 2.14. The second-order valence-corrected chi connectivity index (χ2v) is 13.2. The Bertz CT molecular complexity index is 1670. The molecule has 0 spiro atoms. The lowest BCUT2D eigenvalue weighted by molar-refractivity contribution is -0.147. The van der Waals surface area contributed by atoms with Gasteiger partial charge in [0.1, 0.15) is 35.9 Å². The minimum absolute atomic E-state index is 0.0231. The molecule has 0 aromatic rings. The van der Waals surface area contributed by atoms with Gasteiger partial charge in [0.2, 0.25) is 23.6 Å². The summed E-state index contributed by atoms with van der Waals surface area (Å²) in [6.45, 7) is 4.41. The van der Waals surface area contributed by atoms with Crippen LogP contribution in [0.15, 0.2) is 0 Å². The molecule has 0 aliphatic heterocycles. The fourth-order valence-electron chi connectivity index (χ4n) is 4.24. The van der Waals surface area contributed by atoms with E-state index in [1.807, 2.05) is 10.6 Å². The Hall–Kier alpha value is -7.54. The normalized spacial score (nSPS) is 13.7. The van der Waals surface area contributed by atoms with Crippen molar-refractivity contribution in [1.82, 2.24) is 26.6 Å². The molecule has 7 atom stereocenters. The molecule has 370 valence electrons. The number of aliphatic hydroxyl groups is 1. The van der Waals surface area contributed by atoms with Gasteiger partial charge in [-0.3, -0.25) is 62.9 Å². The van der Waals surface area contributed by atoms with E-state index in [0.29, 0.717) is 0 Å². The van der Waals surface area contributed by atoms with Crippen molar-refractivity contribution in [3.05, 3.63) is 0 Å². The van der Waals surface area contributed by atoms with Crippen LogP contribution in [0.3, 0.4) is 0 Å². The molecule has 18 N–H and O–H groups in total. The van der Waals surface area contributed by atoms with Crippen LogP contribution in [0.5, 0.6) is 0 Å². The molecule has 4 amide bonds. The first-order valence-corrected chi connectivity index (χ1v) is 18.1. The number of nitrogens with two attached hydrogens (primary N) is 1. The van der Waals surface area contributed by atoms with Crippen LogP contribution >= 0.6 is 0 Å². The van der Waals surface area contributed by atoms with Crippen LogP contribution in [-0.4, -0.2) is 181 Å². The molecule has 65 heavy (non-hydrogen) atoms. The predicted molar refractivity (Wildman–Crippen MR) is 208 cm³/mol. The number of carbonyl (C=O) groups excluding carboxylic acids is 4. The Labute approximate surface area is 366 Å². The number of carboxylic acids is 10. The lowest BCUT2D eigenvalue weighted by Gasteiger charge is -2.35. The topological polar surface area (TPSA) is 548 Å². The smallest absolute Gasteiger partial charge is 0.326 e. The van der Waals surface area contributed by atoms with Gasteiger partial charge in [-0.2, -0.15) is 0 Å². The summed E-state index contributed by atoms with van der Waals surface area (Å²) >= 11 is 0. The van der Waals surface area contributed by atoms with Crippen molar-refractivity contribution >= 4 is 83.3 Å². The Morgan fingerprint density at radius 3 is 1.09 bits per heavy atom. The van der Waals surface area contributed by atoms with Crippen molar-refractivity contribution in [2.45, 2.75) is 127 Å². The molecule has 31 heteroatoms. The van der Waals surface area contributed by atoms with E-state index >= 15 is 0 Å². The third-order valence-corrected chi connectivity index (χ3v) is 7.22. The standard InChI is InChI=1S/C12H20N2O8.C11H16N2O8.C6H9NO5.C5H9NO4/c1-6(15)13-8(5-10(18)19)12(2,22)14-7(11(20)21)3-4-9(16)17;1-5(14)12-7(4-9(17)18)10(19)13-6(11(20)21)2-3-8(15)16;1-3(8)7-4(6(11)12)2-5(9)10;6-3(5(9)10)1-2-4(7)8/h7-8,14,22H,3-5H2,1-2H3,(H,13,15)(H,16,17)(H,18,19)(H,20,21);6-7H,2-4H2,1H3,(H,12,14)(H,13,19)(H,15,16)(H,17,18)(H,20,21);4H,2H2,1H3,(H,7,8)(H,9,10)(H,11,12);3H,1-2,6H2,(H,7,8)(H,9,10). The Kier molecular flexibility index (Phi) is 32.6. The summed E-state index contributed by atoms with van der Waals surface area (Å²) in [4.78, 5) is 149.